The number of nitrogen functional groups attached to an aromatic ring is 1. The van der Waals surface area contributed by atoms with Gasteiger partial charge in [-0.3, -0.25) is 9.48 Å². The molecule has 6 heteroatoms. The van der Waals surface area contributed by atoms with Gasteiger partial charge < -0.3 is 15.5 Å². The van der Waals surface area contributed by atoms with Gasteiger partial charge in [0.25, 0.3) is 5.91 Å². The van der Waals surface area contributed by atoms with Crippen molar-refractivity contribution in [3.8, 4) is 0 Å². The standard InChI is InChI=1S/C12H23N5O/c1-5-6-17(8-7-15(2)3)12(18)11-10(13)9-16(4)14-11/h9H,5-8,13H2,1-4H3. The summed E-state index contributed by atoms with van der Waals surface area (Å²) < 4.78 is 1.57. The van der Waals surface area contributed by atoms with Crippen LogP contribution in [0.2, 0.25) is 0 Å². The number of aryl methyl sites for hydroxylation is 1. The number of hydrogen-bond acceptors (Lipinski definition) is 4. The number of carbonyl (C=O) groups is 1. The van der Waals surface area contributed by atoms with E-state index in [1.54, 1.807) is 22.8 Å². The Labute approximate surface area is 108 Å². The third kappa shape index (κ3) is 3.73. The van der Waals surface area contributed by atoms with Crippen LogP contribution in [0, 0.1) is 0 Å². The number of likely N-dealkylation sites (N-methyl/N-ethyl adjacent to an activating group) is 1. The van der Waals surface area contributed by atoms with Crippen molar-refractivity contribution in [3.63, 3.8) is 0 Å². The number of nitrogens with two attached hydrogens (primary N) is 1. The Morgan fingerprint density at radius 3 is 2.50 bits per heavy atom. The number of amides is 1. The minimum Gasteiger partial charge on any atom is -0.396 e. The van der Waals surface area contributed by atoms with Crippen molar-refractivity contribution in [1.29, 1.82) is 0 Å². The smallest absolute Gasteiger partial charge is 0.276 e. The monoisotopic (exact) mass is 253 g/mol. The summed E-state index contributed by atoms with van der Waals surface area (Å²) >= 11 is 0. The molecule has 102 valence electrons. The van der Waals surface area contributed by atoms with Gasteiger partial charge in [-0.15, -0.1) is 0 Å². The van der Waals surface area contributed by atoms with Crippen molar-refractivity contribution >= 4 is 11.6 Å². The highest BCUT2D eigenvalue weighted by Crippen LogP contribution is 2.11. The van der Waals surface area contributed by atoms with Gasteiger partial charge in [-0.25, -0.2) is 0 Å². The van der Waals surface area contributed by atoms with E-state index in [0.29, 0.717) is 17.9 Å². The molecule has 2 N–H and O–H groups in total. The summed E-state index contributed by atoms with van der Waals surface area (Å²) in [7, 11) is 5.74. The summed E-state index contributed by atoms with van der Waals surface area (Å²) in [5.41, 5.74) is 6.58. The molecule has 0 fully saturated rings. The molecule has 1 rings (SSSR count). The predicted molar refractivity (Wildman–Crippen MR) is 72.4 cm³/mol. The Bertz CT molecular complexity index is 399. The van der Waals surface area contributed by atoms with Crippen molar-refractivity contribution in [2.45, 2.75) is 13.3 Å². The first-order chi connectivity index (χ1) is 8.45. The molecule has 18 heavy (non-hydrogen) atoms. The molecule has 0 aliphatic carbocycles. The Morgan fingerprint density at radius 2 is 2.06 bits per heavy atom. The lowest BCUT2D eigenvalue weighted by atomic mass is 10.3. The first-order valence-corrected chi connectivity index (χ1v) is 6.18. The van der Waals surface area contributed by atoms with Gasteiger partial charge in [0, 0.05) is 32.9 Å². The molecule has 0 saturated carbocycles. The Hall–Kier alpha value is -1.56. The van der Waals surface area contributed by atoms with Crippen molar-refractivity contribution in [2.24, 2.45) is 7.05 Å². The molecule has 6 nitrogen and oxygen atoms in total. The average Bonchev–Trinajstić information content (AvgIpc) is 2.62. The van der Waals surface area contributed by atoms with Gasteiger partial charge >= 0.3 is 0 Å². The normalized spacial score (nSPS) is 10.9. The first-order valence-electron chi connectivity index (χ1n) is 6.18. The second kappa shape index (κ2) is 6.39. The van der Waals surface area contributed by atoms with E-state index in [4.69, 9.17) is 5.73 Å². The summed E-state index contributed by atoms with van der Waals surface area (Å²) in [6.07, 6.45) is 2.58. The maximum atomic E-state index is 12.3. The molecule has 0 aromatic carbocycles. The van der Waals surface area contributed by atoms with Gasteiger partial charge in [0.15, 0.2) is 5.69 Å². The molecular formula is C12H23N5O. The highest BCUT2D eigenvalue weighted by atomic mass is 16.2. The average molecular weight is 253 g/mol. The van der Waals surface area contributed by atoms with E-state index in [0.717, 1.165) is 19.5 Å². The summed E-state index contributed by atoms with van der Waals surface area (Å²) in [6, 6.07) is 0. The number of aromatic nitrogens is 2. The molecule has 0 bridgehead atoms. The van der Waals surface area contributed by atoms with Gasteiger partial charge in [0.05, 0.1) is 5.69 Å². The fourth-order valence-electron chi connectivity index (χ4n) is 1.73. The number of nitrogens with zero attached hydrogens (tertiary/aromatic N) is 4. The minimum atomic E-state index is -0.0863. The third-order valence-corrected chi connectivity index (χ3v) is 2.66. The third-order valence-electron chi connectivity index (χ3n) is 2.66. The summed E-state index contributed by atoms with van der Waals surface area (Å²) in [5, 5.41) is 4.13. The van der Waals surface area contributed by atoms with Gasteiger partial charge in [0.1, 0.15) is 0 Å². The van der Waals surface area contributed by atoms with Crippen molar-refractivity contribution in [2.75, 3.05) is 39.5 Å². The lowest BCUT2D eigenvalue weighted by Gasteiger charge is -2.23. The zero-order valence-electron chi connectivity index (χ0n) is 11.7. The van der Waals surface area contributed by atoms with E-state index in [1.165, 1.54) is 0 Å². The number of hydrogen-bond donors (Lipinski definition) is 1. The SMILES string of the molecule is CCCN(CCN(C)C)C(=O)c1nn(C)cc1N. The van der Waals surface area contributed by atoms with Crippen LogP contribution < -0.4 is 5.73 Å². The van der Waals surface area contributed by atoms with E-state index in [9.17, 15) is 4.79 Å². The van der Waals surface area contributed by atoms with Crippen LogP contribution in [-0.2, 0) is 7.05 Å². The van der Waals surface area contributed by atoms with E-state index >= 15 is 0 Å². The number of anilines is 1. The Kier molecular flexibility index (Phi) is 5.15. The summed E-state index contributed by atoms with van der Waals surface area (Å²) in [4.78, 5) is 16.2. The Morgan fingerprint density at radius 1 is 1.39 bits per heavy atom. The van der Waals surface area contributed by atoms with Crippen LogP contribution in [0.1, 0.15) is 23.8 Å². The highest BCUT2D eigenvalue weighted by Gasteiger charge is 2.20. The lowest BCUT2D eigenvalue weighted by molar-refractivity contribution is 0.0739. The van der Waals surface area contributed by atoms with Crippen LogP contribution in [-0.4, -0.2) is 59.2 Å². The summed E-state index contributed by atoms with van der Waals surface area (Å²) in [5.74, 6) is -0.0863. The fraction of sp³-hybridized carbons (Fsp3) is 0.667. The van der Waals surface area contributed by atoms with Crippen LogP contribution in [0.15, 0.2) is 6.20 Å². The van der Waals surface area contributed by atoms with Crippen LogP contribution >= 0.6 is 0 Å². The molecule has 1 aromatic rings. The molecule has 0 saturated heterocycles. The van der Waals surface area contributed by atoms with Crippen LogP contribution in [0.5, 0.6) is 0 Å². The minimum absolute atomic E-state index is 0.0863. The second-order valence-corrected chi connectivity index (χ2v) is 4.70. The topological polar surface area (TPSA) is 67.4 Å². The molecule has 0 unspecified atom stereocenters. The molecule has 1 amide bonds. The molecule has 1 heterocycles. The molecule has 0 radical (unpaired) electrons. The molecule has 0 aliphatic heterocycles. The van der Waals surface area contributed by atoms with Crippen molar-refractivity contribution in [3.05, 3.63) is 11.9 Å². The van der Waals surface area contributed by atoms with Crippen molar-refractivity contribution < 1.29 is 4.79 Å². The zero-order valence-corrected chi connectivity index (χ0v) is 11.7. The molecule has 1 aromatic heterocycles. The number of rotatable bonds is 6. The van der Waals surface area contributed by atoms with Gasteiger partial charge in [-0.05, 0) is 20.5 Å². The second-order valence-electron chi connectivity index (χ2n) is 4.70. The van der Waals surface area contributed by atoms with Gasteiger partial charge in [0.2, 0.25) is 0 Å². The van der Waals surface area contributed by atoms with E-state index in [1.807, 2.05) is 14.1 Å². The quantitative estimate of drug-likeness (QED) is 0.797. The van der Waals surface area contributed by atoms with Gasteiger partial charge in [-0.2, -0.15) is 5.10 Å². The maximum Gasteiger partial charge on any atom is 0.276 e. The molecule has 0 spiro atoms. The van der Waals surface area contributed by atoms with Gasteiger partial charge in [-0.1, -0.05) is 6.92 Å². The Balaban J connectivity index is 2.78. The molecular weight excluding hydrogens is 230 g/mol. The summed E-state index contributed by atoms with van der Waals surface area (Å²) in [6.45, 7) is 4.30. The number of carbonyl (C=O) groups excluding carboxylic acids is 1. The highest BCUT2D eigenvalue weighted by molar-refractivity contribution is 5.97. The fourth-order valence-corrected chi connectivity index (χ4v) is 1.73. The predicted octanol–water partition coefficient (Wildman–Crippen LogP) is 0.416. The largest absolute Gasteiger partial charge is 0.396 e. The van der Waals surface area contributed by atoms with E-state index < -0.39 is 0 Å². The van der Waals surface area contributed by atoms with Crippen LogP contribution in [0.3, 0.4) is 0 Å². The van der Waals surface area contributed by atoms with Crippen molar-refractivity contribution in [1.82, 2.24) is 19.6 Å². The van der Waals surface area contributed by atoms with Crippen LogP contribution in [0.4, 0.5) is 5.69 Å². The van der Waals surface area contributed by atoms with Crippen LogP contribution in [0.25, 0.3) is 0 Å². The molecule has 0 atom stereocenters. The zero-order chi connectivity index (χ0) is 13.7. The lowest BCUT2D eigenvalue weighted by Crippen LogP contribution is -2.37. The molecule has 0 aliphatic rings. The maximum absolute atomic E-state index is 12.3. The van der Waals surface area contributed by atoms with E-state index in [2.05, 4.69) is 16.9 Å². The van der Waals surface area contributed by atoms with E-state index in [-0.39, 0.29) is 5.91 Å². The first kappa shape index (κ1) is 14.5.